The van der Waals surface area contributed by atoms with E-state index in [1.54, 1.807) is 7.11 Å². The maximum absolute atomic E-state index is 5.37. The number of ether oxygens (including phenoxy) is 1. The van der Waals surface area contributed by atoms with Crippen molar-refractivity contribution in [1.29, 1.82) is 0 Å². The maximum atomic E-state index is 5.37. The van der Waals surface area contributed by atoms with Crippen LogP contribution in [0.2, 0.25) is 0 Å². The number of hydrogen-bond donors (Lipinski definition) is 0. The summed E-state index contributed by atoms with van der Waals surface area (Å²) in [6.45, 7) is 3.11. The molecule has 0 aliphatic rings. The number of rotatable bonds is 3. The van der Waals surface area contributed by atoms with Crippen LogP contribution in [-0.4, -0.2) is 21.6 Å². The first-order valence-corrected chi connectivity index (χ1v) is 7.54. The second-order valence-electron chi connectivity index (χ2n) is 5.42. The standard InChI is InChI=1S/C18H17N3O/c1-3-10-21-16-9-8-12(22-2)11-13(16)17-18(21)20-15-7-5-4-6-14(15)19-17/h4-9,11H,3,10H2,1-2H3. The van der Waals surface area contributed by atoms with Crippen LogP contribution in [0.4, 0.5) is 0 Å². The molecule has 4 heteroatoms. The van der Waals surface area contributed by atoms with Crippen LogP contribution in [-0.2, 0) is 6.54 Å². The highest BCUT2D eigenvalue weighted by Crippen LogP contribution is 2.31. The average molecular weight is 291 g/mol. The number of aryl methyl sites for hydroxylation is 1. The van der Waals surface area contributed by atoms with Crippen LogP contribution in [0.25, 0.3) is 33.1 Å². The lowest BCUT2D eigenvalue weighted by Crippen LogP contribution is -1.98. The Bertz CT molecular complexity index is 988. The Labute approximate surface area is 128 Å². The zero-order valence-electron chi connectivity index (χ0n) is 12.7. The summed E-state index contributed by atoms with van der Waals surface area (Å²) in [6, 6.07) is 14.1. The molecule has 4 rings (SSSR count). The van der Waals surface area contributed by atoms with Gasteiger partial charge in [0, 0.05) is 11.9 Å². The van der Waals surface area contributed by atoms with E-state index in [-0.39, 0.29) is 0 Å². The minimum Gasteiger partial charge on any atom is -0.497 e. The predicted molar refractivity (Wildman–Crippen MR) is 89.4 cm³/mol. The largest absolute Gasteiger partial charge is 0.497 e. The van der Waals surface area contributed by atoms with E-state index in [1.165, 1.54) is 0 Å². The van der Waals surface area contributed by atoms with Crippen molar-refractivity contribution < 1.29 is 4.74 Å². The van der Waals surface area contributed by atoms with Crippen LogP contribution in [0.15, 0.2) is 42.5 Å². The molecule has 0 aliphatic carbocycles. The summed E-state index contributed by atoms with van der Waals surface area (Å²) >= 11 is 0. The maximum Gasteiger partial charge on any atom is 0.160 e. The van der Waals surface area contributed by atoms with Gasteiger partial charge in [-0.15, -0.1) is 0 Å². The molecule has 2 aromatic carbocycles. The first-order chi connectivity index (χ1) is 10.8. The van der Waals surface area contributed by atoms with Gasteiger partial charge in [-0.2, -0.15) is 0 Å². The van der Waals surface area contributed by atoms with Crippen LogP contribution in [0.1, 0.15) is 13.3 Å². The highest BCUT2D eigenvalue weighted by Gasteiger charge is 2.14. The first-order valence-electron chi connectivity index (χ1n) is 7.54. The molecule has 0 N–H and O–H groups in total. The molecule has 0 radical (unpaired) electrons. The number of hydrogen-bond acceptors (Lipinski definition) is 3. The van der Waals surface area contributed by atoms with Crippen LogP contribution >= 0.6 is 0 Å². The molecule has 4 nitrogen and oxygen atoms in total. The summed E-state index contributed by atoms with van der Waals surface area (Å²) in [4.78, 5) is 9.69. The van der Waals surface area contributed by atoms with Crippen LogP contribution < -0.4 is 4.74 Å². The topological polar surface area (TPSA) is 39.9 Å². The summed E-state index contributed by atoms with van der Waals surface area (Å²) < 4.78 is 7.62. The molecular weight excluding hydrogens is 274 g/mol. The van der Waals surface area contributed by atoms with E-state index in [0.717, 1.165) is 51.8 Å². The van der Waals surface area contributed by atoms with E-state index in [2.05, 4.69) is 17.6 Å². The third-order valence-corrected chi connectivity index (χ3v) is 4.00. The molecule has 2 heterocycles. The molecular formula is C18H17N3O. The Kier molecular flexibility index (Phi) is 2.96. The summed E-state index contributed by atoms with van der Waals surface area (Å²) in [5, 5.41) is 1.10. The van der Waals surface area contributed by atoms with Crippen molar-refractivity contribution in [3.05, 3.63) is 42.5 Å². The summed E-state index contributed by atoms with van der Waals surface area (Å²) in [5.74, 6) is 0.845. The molecule has 0 fully saturated rings. The minimum atomic E-state index is 0.845. The molecule has 0 spiro atoms. The van der Waals surface area contributed by atoms with Gasteiger partial charge in [0.25, 0.3) is 0 Å². The molecule has 0 amide bonds. The van der Waals surface area contributed by atoms with Crippen molar-refractivity contribution in [3.8, 4) is 5.75 Å². The average Bonchev–Trinajstić information content (AvgIpc) is 2.86. The van der Waals surface area contributed by atoms with E-state index in [9.17, 15) is 0 Å². The van der Waals surface area contributed by atoms with Gasteiger partial charge in [0.2, 0.25) is 0 Å². The Morgan fingerprint density at radius 3 is 2.55 bits per heavy atom. The lowest BCUT2D eigenvalue weighted by molar-refractivity contribution is 0.415. The second kappa shape index (κ2) is 4.98. The van der Waals surface area contributed by atoms with Gasteiger partial charge in [0.05, 0.1) is 23.7 Å². The zero-order chi connectivity index (χ0) is 15.1. The monoisotopic (exact) mass is 291 g/mol. The number of fused-ring (bicyclic) bond motifs is 4. The van der Waals surface area contributed by atoms with Crippen molar-refractivity contribution in [1.82, 2.24) is 14.5 Å². The zero-order valence-corrected chi connectivity index (χ0v) is 12.7. The molecule has 0 unspecified atom stereocenters. The normalized spacial score (nSPS) is 11.5. The van der Waals surface area contributed by atoms with Crippen molar-refractivity contribution in [2.75, 3.05) is 7.11 Å². The number of para-hydroxylation sites is 2. The summed E-state index contributed by atoms with van der Waals surface area (Å²) in [6.07, 6.45) is 1.05. The summed E-state index contributed by atoms with van der Waals surface area (Å²) in [5.41, 5.74) is 4.91. The van der Waals surface area contributed by atoms with Crippen LogP contribution in [0.3, 0.4) is 0 Å². The van der Waals surface area contributed by atoms with E-state index in [4.69, 9.17) is 14.7 Å². The van der Waals surface area contributed by atoms with E-state index >= 15 is 0 Å². The smallest absolute Gasteiger partial charge is 0.160 e. The number of aromatic nitrogens is 3. The molecule has 22 heavy (non-hydrogen) atoms. The molecule has 4 aromatic rings. The molecule has 0 atom stereocenters. The van der Waals surface area contributed by atoms with Gasteiger partial charge >= 0.3 is 0 Å². The molecule has 0 saturated heterocycles. The molecule has 0 saturated carbocycles. The van der Waals surface area contributed by atoms with Crippen molar-refractivity contribution in [2.45, 2.75) is 19.9 Å². The Morgan fingerprint density at radius 1 is 1.05 bits per heavy atom. The van der Waals surface area contributed by atoms with Gasteiger partial charge in [0.15, 0.2) is 5.65 Å². The van der Waals surface area contributed by atoms with E-state index in [0.29, 0.717) is 0 Å². The summed E-state index contributed by atoms with van der Waals surface area (Å²) in [7, 11) is 1.69. The van der Waals surface area contributed by atoms with Crippen LogP contribution in [0.5, 0.6) is 5.75 Å². The van der Waals surface area contributed by atoms with Gasteiger partial charge in [-0.3, -0.25) is 0 Å². The fraction of sp³-hybridized carbons (Fsp3) is 0.222. The first kappa shape index (κ1) is 13.1. The highest BCUT2D eigenvalue weighted by molar-refractivity contribution is 6.06. The van der Waals surface area contributed by atoms with Crippen molar-refractivity contribution >= 4 is 33.1 Å². The fourth-order valence-electron chi connectivity index (χ4n) is 2.99. The SMILES string of the molecule is CCCn1c2ccc(OC)cc2c2nc3ccccc3nc21. The van der Waals surface area contributed by atoms with Gasteiger partial charge in [-0.1, -0.05) is 19.1 Å². The number of methoxy groups -OCH3 is 1. The number of nitrogens with zero attached hydrogens (tertiary/aromatic N) is 3. The van der Waals surface area contributed by atoms with Gasteiger partial charge in [-0.25, -0.2) is 9.97 Å². The third-order valence-electron chi connectivity index (χ3n) is 4.00. The Balaban J connectivity index is 2.17. The fourth-order valence-corrected chi connectivity index (χ4v) is 2.99. The van der Waals surface area contributed by atoms with Crippen molar-refractivity contribution in [3.63, 3.8) is 0 Å². The number of benzene rings is 2. The molecule has 2 aromatic heterocycles. The van der Waals surface area contributed by atoms with Gasteiger partial charge in [0.1, 0.15) is 11.3 Å². The van der Waals surface area contributed by atoms with Crippen LogP contribution in [0, 0.1) is 0 Å². The third kappa shape index (κ3) is 1.84. The van der Waals surface area contributed by atoms with Crippen molar-refractivity contribution in [2.24, 2.45) is 0 Å². The lowest BCUT2D eigenvalue weighted by Gasteiger charge is -2.05. The van der Waals surface area contributed by atoms with E-state index < -0.39 is 0 Å². The Hall–Kier alpha value is -2.62. The molecule has 110 valence electrons. The second-order valence-corrected chi connectivity index (χ2v) is 5.42. The Morgan fingerprint density at radius 2 is 1.82 bits per heavy atom. The predicted octanol–water partition coefficient (Wildman–Crippen LogP) is 4.16. The van der Waals surface area contributed by atoms with Gasteiger partial charge in [-0.05, 0) is 36.8 Å². The quantitative estimate of drug-likeness (QED) is 0.569. The minimum absolute atomic E-state index is 0.845. The highest BCUT2D eigenvalue weighted by atomic mass is 16.5. The lowest BCUT2D eigenvalue weighted by atomic mass is 10.2. The molecule has 0 bridgehead atoms. The van der Waals surface area contributed by atoms with E-state index in [1.807, 2.05) is 36.4 Å². The molecule has 0 aliphatic heterocycles. The van der Waals surface area contributed by atoms with Gasteiger partial charge < -0.3 is 9.30 Å².